The van der Waals surface area contributed by atoms with Gasteiger partial charge in [-0.15, -0.1) is 0 Å². The van der Waals surface area contributed by atoms with Gasteiger partial charge in [0.2, 0.25) is 0 Å². The van der Waals surface area contributed by atoms with E-state index in [2.05, 4.69) is 33.7 Å². The lowest BCUT2D eigenvalue weighted by Gasteiger charge is -2.33. The average molecular weight is 348 g/mol. The van der Waals surface area contributed by atoms with Crippen molar-refractivity contribution in [3.8, 4) is 11.5 Å². The molecule has 6 heteroatoms. The first kappa shape index (κ1) is 18.5. The summed E-state index contributed by atoms with van der Waals surface area (Å²) in [5.41, 5.74) is 1.96. The number of phenolic OH excluding ortho intramolecular Hbond substituents is 1. The fourth-order valence-corrected chi connectivity index (χ4v) is 3.58. The van der Waals surface area contributed by atoms with Crippen molar-refractivity contribution >= 4 is 0 Å². The molecule has 0 radical (unpaired) electrons. The highest BCUT2D eigenvalue weighted by molar-refractivity contribution is 5.46. The van der Waals surface area contributed by atoms with Crippen LogP contribution in [0.3, 0.4) is 0 Å². The second-order valence-corrected chi connectivity index (χ2v) is 7.45. The minimum absolute atomic E-state index is 0.443. The maximum atomic E-state index is 10.8. The molecule has 0 atom stereocenters. The van der Waals surface area contributed by atoms with Gasteiger partial charge in [-0.2, -0.15) is 0 Å². The number of phenols is 1. The van der Waals surface area contributed by atoms with Gasteiger partial charge in [0.25, 0.3) is 0 Å². The summed E-state index contributed by atoms with van der Waals surface area (Å²) in [6, 6.07) is 3.97. The van der Waals surface area contributed by atoms with Crippen molar-refractivity contribution < 1.29 is 9.84 Å². The third-order valence-corrected chi connectivity index (χ3v) is 5.46. The number of ether oxygens (including phenoxy) is 1. The van der Waals surface area contributed by atoms with Gasteiger partial charge >= 0.3 is 0 Å². The van der Waals surface area contributed by atoms with Crippen LogP contribution in [0, 0.1) is 0 Å². The average Bonchev–Trinajstić information content (AvgIpc) is 2.62. The molecule has 140 valence electrons. The van der Waals surface area contributed by atoms with Gasteiger partial charge in [-0.25, -0.2) is 0 Å². The fourth-order valence-electron chi connectivity index (χ4n) is 3.58. The number of benzene rings is 1. The van der Waals surface area contributed by atoms with E-state index in [1.807, 2.05) is 12.1 Å². The van der Waals surface area contributed by atoms with Crippen LogP contribution in [0.4, 0.5) is 0 Å². The first-order valence-corrected chi connectivity index (χ1v) is 9.25. The Hall–Kier alpha value is -1.34. The van der Waals surface area contributed by atoms with E-state index in [-0.39, 0.29) is 0 Å². The predicted octanol–water partition coefficient (Wildman–Crippen LogP) is 0.896. The molecule has 0 aromatic heterocycles. The van der Waals surface area contributed by atoms with E-state index in [9.17, 15) is 5.11 Å². The maximum absolute atomic E-state index is 10.8. The third kappa shape index (κ3) is 4.85. The zero-order chi connectivity index (χ0) is 17.8. The van der Waals surface area contributed by atoms with Gasteiger partial charge in [-0.05, 0) is 26.2 Å². The monoisotopic (exact) mass is 348 g/mol. The van der Waals surface area contributed by atoms with Crippen LogP contribution in [0.15, 0.2) is 12.1 Å². The molecule has 3 rings (SSSR count). The van der Waals surface area contributed by atoms with Crippen molar-refractivity contribution in [2.75, 3.05) is 73.6 Å². The normalized spacial score (nSPS) is 21.6. The van der Waals surface area contributed by atoms with Crippen LogP contribution in [-0.4, -0.2) is 98.3 Å². The molecule has 6 nitrogen and oxygen atoms in total. The summed E-state index contributed by atoms with van der Waals surface area (Å²) >= 11 is 0. The smallest absolute Gasteiger partial charge is 0.124 e. The summed E-state index contributed by atoms with van der Waals surface area (Å²) in [6.45, 7) is 10.1. The molecule has 0 aliphatic carbocycles. The lowest BCUT2D eigenvalue weighted by atomic mass is 10.1. The Labute approximate surface area is 151 Å². The Bertz CT molecular complexity index is 520. The molecule has 0 saturated carbocycles. The van der Waals surface area contributed by atoms with E-state index >= 15 is 0 Å². The van der Waals surface area contributed by atoms with Gasteiger partial charge in [0, 0.05) is 76.6 Å². The highest BCUT2D eigenvalue weighted by atomic mass is 16.5. The minimum atomic E-state index is 0.443. The van der Waals surface area contributed by atoms with E-state index in [1.165, 1.54) is 0 Å². The van der Waals surface area contributed by atoms with Gasteiger partial charge in [0.15, 0.2) is 0 Å². The molecule has 1 aromatic carbocycles. The quantitative estimate of drug-likeness (QED) is 0.853. The van der Waals surface area contributed by atoms with Crippen molar-refractivity contribution in [1.29, 1.82) is 0 Å². The molecule has 2 fully saturated rings. The summed E-state index contributed by atoms with van der Waals surface area (Å²) in [4.78, 5) is 9.52. The van der Waals surface area contributed by atoms with Crippen LogP contribution in [0.1, 0.15) is 11.1 Å². The number of piperazine rings is 2. The van der Waals surface area contributed by atoms with Crippen molar-refractivity contribution in [3.63, 3.8) is 0 Å². The van der Waals surface area contributed by atoms with Crippen LogP contribution in [0.5, 0.6) is 11.5 Å². The second-order valence-electron chi connectivity index (χ2n) is 7.45. The summed E-state index contributed by atoms with van der Waals surface area (Å²) < 4.78 is 5.50. The number of methoxy groups -OCH3 is 1. The standard InChI is InChI=1S/C19H32N4O2/c1-20-4-8-22(9-5-20)14-16-12-18(25-3)13-17(19(16)24)15-23-10-6-21(2)7-11-23/h12-13,24H,4-11,14-15H2,1-3H3. The number of hydrogen-bond donors (Lipinski definition) is 1. The number of rotatable bonds is 5. The molecule has 2 heterocycles. The van der Waals surface area contributed by atoms with E-state index < -0.39 is 0 Å². The molecule has 0 amide bonds. The Morgan fingerprint density at radius 1 is 0.800 bits per heavy atom. The first-order valence-electron chi connectivity index (χ1n) is 9.25. The molecular weight excluding hydrogens is 316 g/mol. The number of likely N-dealkylation sites (N-methyl/N-ethyl adjacent to an activating group) is 2. The van der Waals surface area contributed by atoms with E-state index in [0.29, 0.717) is 5.75 Å². The summed E-state index contributed by atoms with van der Waals surface area (Å²) in [7, 11) is 6.02. The van der Waals surface area contributed by atoms with Gasteiger partial charge in [-0.3, -0.25) is 9.80 Å². The first-order chi connectivity index (χ1) is 12.0. The van der Waals surface area contributed by atoms with Crippen molar-refractivity contribution in [3.05, 3.63) is 23.3 Å². The van der Waals surface area contributed by atoms with E-state index in [1.54, 1.807) is 7.11 Å². The van der Waals surface area contributed by atoms with Crippen molar-refractivity contribution in [1.82, 2.24) is 19.6 Å². The van der Waals surface area contributed by atoms with Gasteiger partial charge in [0.05, 0.1) is 7.11 Å². The molecule has 1 aromatic rings. The Balaban J connectivity index is 1.72. The number of aromatic hydroxyl groups is 1. The molecule has 2 aliphatic rings. The summed E-state index contributed by atoms with van der Waals surface area (Å²) in [5.74, 6) is 1.28. The van der Waals surface area contributed by atoms with Gasteiger partial charge in [-0.1, -0.05) is 0 Å². The third-order valence-electron chi connectivity index (χ3n) is 5.46. The Kier molecular flexibility index (Phi) is 6.17. The zero-order valence-corrected chi connectivity index (χ0v) is 15.9. The maximum Gasteiger partial charge on any atom is 0.124 e. The highest BCUT2D eigenvalue weighted by Crippen LogP contribution is 2.31. The van der Waals surface area contributed by atoms with Crippen molar-refractivity contribution in [2.24, 2.45) is 0 Å². The summed E-state index contributed by atoms with van der Waals surface area (Å²) in [6.07, 6.45) is 0. The molecule has 2 aliphatic heterocycles. The Morgan fingerprint density at radius 2 is 1.20 bits per heavy atom. The van der Waals surface area contributed by atoms with Crippen LogP contribution in [-0.2, 0) is 13.1 Å². The minimum Gasteiger partial charge on any atom is -0.507 e. The van der Waals surface area contributed by atoms with Gasteiger partial charge < -0.3 is 19.6 Å². The second kappa shape index (κ2) is 8.36. The molecule has 0 spiro atoms. The SMILES string of the molecule is COc1cc(CN2CCN(C)CC2)c(O)c(CN2CCN(C)CC2)c1. The topological polar surface area (TPSA) is 42.4 Å². The predicted molar refractivity (Wildman–Crippen MR) is 100 cm³/mol. The lowest BCUT2D eigenvalue weighted by Crippen LogP contribution is -2.44. The van der Waals surface area contributed by atoms with Crippen LogP contribution < -0.4 is 4.74 Å². The molecular formula is C19H32N4O2. The Morgan fingerprint density at radius 3 is 1.56 bits per heavy atom. The lowest BCUT2D eigenvalue weighted by molar-refractivity contribution is 0.144. The summed E-state index contributed by atoms with van der Waals surface area (Å²) in [5, 5.41) is 10.8. The van der Waals surface area contributed by atoms with Crippen LogP contribution in [0.25, 0.3) is 0 Å². The van der Waals surface area contributed by atoms with E-state index in [0.717, 1.165) is 82.3 Å². The number of hydrogen-bond acceptors (Lipinski definition) is 6. The largest absolute Gasteiger partial charge is 0.507 e. The molecule has 25 heavy (non-hydrogen) atoms. The molecule has 0 unspecified atom stereocenters. The molecule has 0 bridgehead atoms. The van der Waals surface area contributed by atoms with Crippen molar-refractivity contribution in [2.45, 2.75) is 13.1 Å². The molecule has 1 N–H and O–H groups in total. The number of nitrogens with zero attached hydrogens (tertiary/aromatic N) is 4. The van der Waals surface area contributed by atoms with Crippen LogP contribution in [0.2, 0.25) is 0 Å². The fraction of sp³-hybridized carbons (Fsp3) is 0.684. The van der Waals surface area contributed by atoms with Gasteiger partial charge in [0.1, 0.15) is 11.5 Å². The highest BCUT2D eigenvalue weighted by Gasteiger charge is 2.20. The molecule has 2 saturated heterocycles. The van der Waals surface area contributed by atoms with E-state index in [4.69, 9.17) is 4.74 Å². The zero-order valence-electron chi connectivity index (χ0n) is 15.9. The van der Waals surface area contributed by atoms with Crippen LogP contribution >= 0.6 is 0 Å².